The van der Waals surface area contributed by atoms with Crippen LogP contribution in [0.4, 0.5) is 4.39 Å². The molecular weight excluding hydrogens is 377 g/mol. The van der Waals surface area contributed by atoms with Crippen LogP contribution in [-0.4, -0.2) is 7.11 Å². The first-order valence-electron chi connectivity index (χ1n) is 8.52. The molecule has 0 saturated heterocycles. The van der Waals surface area contributed by atoms with Crippen LogP contribution in [0.2, 0.25) is 5.02 Å². The molecule has 0 unspecified atom stereocenters. The van der Waals surface area contributed by atoms with Gasteiger partial charge in [0.1, 0.15) is 12.4 Å². The quantitative estimate of drug-likeness (QED) is 0.373. The fraction of sp³-hybridized carbons (Fsp3) is 0.0870. The first-order valence-corrected chi connectivity index (χ1v) is 8.90. The minimum Gasteiger partial charge on any atom is -0.493 e. The normalized spacial score (nSPS) is 11.0. The molecule has 0 aliphatic carbocycles. The summed E-state index contributed by atoms with van der Waals surface area (Å²) in [7, 11) is 1.54. The van der Waals surface area contributed by atoms with E-state index in [-0.39, 0.29) is 12.4 Å². The molecule has 28 heavy (non-hydrogen) atoms. The number of hydrogen-bond donors (Lipinski definition) is 0. The van der Waals surface area contributed by atoms with E-state index >= 15 is 0 Å². The van der Waals surface area contributed by atoms with Crippen molar-refractivity contribution in [2.24, 2.45) is 0 Å². The van der Waals surface area contributed by atoms with Gasteiger partial charge in [-0.1, -0.05) is 41.9 Å². The lowest BCUT2D eigenvalue weighted by Gasteiger charge is -2.12. The molecule has 3 aromatic carbocycles. The van der Waals surface area contributed by atoms with E-state index < -0.39 is 0 Å². The second kappa shape index (κ2) is 9.07. The summed E-state index contributed by atoms with van der Waals surface area (Å²) < 4.78 is 24.5. The van der Waals surface area contributed by atoms with Crippen molar-refractivity contribution >= 4 is 23.3 Å². The summed E-state index contributed by atoms with van der Waals surface area (Å²) >= 11 is 5.91. The van der Waals surface area contributed by atoms with Gasteiger partial charge in [0.05, 0.1) is 18.8 Å². The summed E-state index contributed by atoms with van der Waals surface area (Å²) in [6.07, 6.45) is 1.77. The highest BCUT2D eigenvalue weighted by Crippen LogP contribution is 2.30. The molecule has 0 atom stereocenters. The van der Waals surface area contributed by atoms with Gasteiger partial charge in [0, 0.05) is 5.02 Å². The second-order valence-electron chi connectivity index (χ2n) is 6.01. The Morgan fingerprint density at radius 3 is 2.54 bits per heavy atom. The number of halogens is 2. The van der Waals surface area contributed by atoms with Crippen molar-refractivity contribution in [3.8, 4) is 17.6 Å². The van der Waals surface area contributed by atoms with E-state index in [0.29, 0.717) is 22.1 Å². The Morgan fingerprint density at radius 1 is 1.07 bits per heavy atom. The largest absolute Gasteiger partial charge is 0.493 e. The molecule has 0 spiro atoms. The number of nitriles is 1. The Kier molecular flexibility index (Phi) is 6.31. The summed E-state index contributed by atoms with van der Waals surface area (Å²) in [5.41, 5.74) is 2.80. The Hall–Kier alpha value is -3.29. The van der Waals surface area contributed by atoms with Crippen LogP contribution in [-0.2, 0) is 6.61 Å². The first kappa shape index (κ1) is 19.5. The van der Waals surface area contributed by atoms with E-state index in [4.69, 9.17) is 21.1 Å². The van der Waals surface area contributed by atoms with E-state index in [9.17, 15) is 9.65 Å². The van der Waals surface area contributed by atoms with Crippen molar-refractivity contribution in [1.29, 1.82) is 5.26 Å². The fourth-order valence-corrected chi connectivity index (χ4v) is 2.78. The van der Waals surface area contributed by atoms with Crippen LogP contribution in [0.3, 0.4) is 0 Å². The van der Waals surface area contributed by atoms with Gasteiger partial charge in [0.2, 0.25) is 0 Å². The molecule has 0 radical (unpaired) electrons. The highest BCUT2D eigenvalue weighted by molar-refractivity contribution is 6.30. The lowest BCUT2D eigenvalue weighted by atomic mass is 10.0. The predicted octanol–water partition coefficient (Wildman–Crippen LogP) is 6.13. The van der Waals surface area contributed by atoms with Crippen LogP contribution in [0.15, 0.2) is 66.7 Å². The molecule has 3 rings (SSSR count). The van der Waals surface area contributed by atoms with E-state index in [1.165, 1.54) is 12.1 Å². The zero-order valence-electron chi connectivity index (χ0n) is 15.2. The number of hydrogen-bond acceptors (Lipinski definition) is 3. The third-order valence-electron chi connectivity index (χ3n) is 4.06. The molecule has 0 bridgehead atoms. The highest BCUT2D eigenvalue weighted by Gasteiger charge is 2.08. The van der Waals surface area contributed by atoms with Crippen molar-refractivity contribution in [1.82, 2.24) is 0 Å². The molecule has 3 aromatic rings. The number of allylic oxidation sites excluding steroid dienone is 1. The molecule has 0 saturated carbocycles. The first-order chi connectivity index (χ1) is 13.6. The maximum Gasteiger partial charge on any atom is 0.161 e. The molecule has 0 heterocycles. The van der Waals surface area contributed by atoms with Gasteiger partial charge in [0.15, 0.2) is 11.5 Å². The molecule has 140 valence electrons. The lowest BCUT2D eigenvalue weighted by Crippen LogP contribution is -1.98. The van der Waals surface area contributed by atoms with Crippen molar-refractivity contribution in [3.05, 3.63) is 94.3 Å². The maximum atomic E-state index is 13.3. The zero-order valence-corrected chi connectivity index (χ0v) is 15.9. The number of ether oxygens (including phenoxy) is 2. The Labute approximate surface area is 168 Å². The van der Waals surface area contributed by atoms with Crippen molar-refractivity contribution < 1.29 is 13.9 Å². The smallest absolute Gasteiger partial charge is 0.161 e. The minimum atomic E-state index is -0.306. The van der Waals surface area contributed by atoms with Gasteiger partial charge in [-0.2, -0.15) is 5.26 Å². The average molecular weight is 394 g/mol. The van der Waals surface area contributed by atoms with Gasteiger partial charge in [-0.05, 0) is 59.2 Å². The Bertz CT molecular complexity index is 1040. The van der Waals surface area contributed by atoms with E-state index in [0.717, 1.165) is 16.7 Å². The Balaban J connectivity index is 1.82. The highest BCUT2D eigenvalue weighted by atomic mass is 35.5. The van der Waals surface area contributed by atoms with Crippen LogP contribution >= 0.6 is 11.6 Å². The summed E-state index contributed by atoms with van der Waals surface area (Å²) in [4.78, 5) is 0. The molecule has 0 aromatic heterocycles. The van der Waals surface area contributed by atoms with Crippen LogP contribution in [0.25, 0.3) is 11.6 Å². The lowest BCUT2D eigenvalue weighted by molar-refractivity contribution is 0.284. The van der Waals surface area contributed by atoms with Gasteiger partial charge < -0.3 is 9.47 Å². The molecule has 0 aliphatic heterocycles. The van der Waals surface area contributed by atoms with Crippen molar-refractivity contribution in [3.63, 3.8) is 0 Å². The maximum absolute atomic E-state index is 13.3. The summed E-state index contributed by atoms with van der Waals surface area (Å²) in [6, 6.07) is 20.9. The summed E-state index contributed by atoms with van der Waals surface area (Å²) in [6.45, 7) is 0.220. The van der Waals surface area contributed by atoms with Gasteiger partial charge >= 0.3 is 0 Å². The Morgan fingerprint density at radius 2 is 1.86 bits per heavy atom. The predicted molar refractivity (Wildman–Crippen MR) is 109 cm³/mol. The van der Waals surface area contributed by atoms with Crippen LogP contribution in [0.1, 0.15) is 16.7 Å². The topological polar surface area (TPSA) is 42.2 Å². The monoisotopic (exact) mass is 393 g/mol. The number of methoxy groups -OCH3 is 1. The minimum absolute atomic E-state index is 0.220. The fourth-order valence-electron chi connectivity index (χ4n) is 2.66. The SMILES string of the molecule is COc1cc(/C=C(\C#N)c2ccc(Cl)cc2)ccc1OCc1cccc(F)c1. The van der Waals surface area contributed by atoms with Gasteiger partial charge in [-0.3, -0.25) is 0 Å². The molecule has 5 heteroatoms. The van der Waals surface area contributed by atoms with E-state index in [1.54, 1.807) is 61.7 Å². The standard InChI is InChI=1S/C23H17ClFNO2/c1-27-23-13-16(11-19(14-26)18-6-8-20(24)9-7-18)5-10-22(23)28-15-17-3-2-4-21(25)12-17/h2-13H,15H2,1H3/b19-11+. The third-order valence-corrected chi connectivity index (χ3v) is 4.31. The van der Waals surface area contributed by atoms with Gasteiger partial charge in [-0.25, -0.2) is 4.39 Å². The van der Waals surface area contributed by atoms with Crippen molar-refractivity contribution in [2.45, 2.75) is 6.61 Å². The van der Waals surface area contributed by atoms with Crippen LogP contribution < -0.4 is 9.47 Å². The number of rotatable bonds is 6. The van der Waals surface area contributed by atoms with Crippen LogP contribution in [0, 0.1) is 17.1 Å². The average Bonchev–Trinajstić information content (AvgIpc) is 2.71. The van der Waals surface area contributed by atoms with E-state index in [2.05, 4.69) is 6.07 Å². The summed E-state index contributed by atoms with van der Waals surface area (Å²) in [5.74, 6) is 0.757. The molecule has 0 fully saturated rings. The number of nitrogens with zero attached hydrogens (tertiary/aromatic N) is 1. The van der Waals surface area contributed by atoms with Gasteiger partial charge in [0.25, 0.3) is 0 Å². The van der Waals surface area contributed by atoms with Crippen LogP contribution in [0.5, 0.6) is 11.5 Å². The molecule has 0 aliphatic rings. The number of benzene rings is 3. The molecule has 3 nitrogen and oxygen atoms in total. The van der Waals surface area contributed by atoms with Gasteiger partial charge in [-0.15, -0.1) is 0 Å². The molecular formula is C23H17ClFNO2. The molecule has 0 N–H and O–H groups in total. The third kappa shape index (κ3) is 4.91. The second-order valence-corrected chi connectivity index (χ2v) is 6.44. The molecule has 0 amide bonds. The summed E-state index contributed by atoms with van der Waals surface area (Å²) in [5, 5.41) is 10.1. The zero-order chi connectivity index (χ0) is 19.9. The van der Waals surface area contributed by atoms with Crippen molar-refractivity contribution in [2.75, 3.05) is 7.11 Å². The van der Waals surface area contributed by atoms with E-state index in [1.807, 2.05) is 6.07 Å².